The molecule has 4 atom stereocenters. The van der Waals surface area contributed by atoms with E-state index >= 15 is 0 Å². The molecule has 0 radical (unpaired) electrons. The van der Waals surface area contributed by atoms with Crippen LogP contribution in [0.15, 0.2) is 141 Å². The van der Waals surface area contributed by atoms with Crippen molar-refractivity contribution in [1.29, 1.82) is 0 Å². The second-order valence-electron chi connectivity index (χ2n) is 19.9. The van der Waals surface area contributed by atoms with Gasteiger partial charge in [-0.05, 0) is 87.1 Å². The normalized spacial score (nSPS) is 19.0. The maximum absolute atomic E-state index is 12.8. The van der Waals surface area contributed by atoms with Crippen molar-refractivity contribution in [3.63, 3.8) is 0 Å². The van der Waals surface area contributed by atoms with Gasteiger partial charge in [0.1, 0.15) is 11.6 Å². The molecule has 12 heterocycles. The fraction of sp³-hybridized carbons (Fsp3) is 0.250. The van der Waals surface area contributed by atoms with Crippen molar-refractivity contribution in [2.75, 3.05) is 0 Å². The van der Waals surface area contributed by atoms with Crippen LogP contribution < -0.4 is 22.1 Å². The highest BCUT2D eigenvalue weighted by atomic mass is 16.4. The van der Waals surface area contributed by atoms with Gasteiger partial charge in [0, 0.05) is 84.9 Å². The van der Waals surface area contributed by atoms with Crippen LogP contribution in [0.3, 0.4) is 0 Å². The third-order valence-corrected chi connectivity index (χ3v) is 15.0. The highest BCUT2D eigenvalue weighted by Gasteiger charge is 2.52. The summed E-state index contributed by atoms with van der Waals surface area (Å²) in [7, 11) is 3.44. The quantitative estimate of drug-likeness (QED) is 0.0834. The molecule has 0 amide bonds. The topological polar surface area (TPSA) is 270 Å². The summed E-state index contributed by atoms with van der Waals surface area (Å²) >= 11 is 0. The SMILES string of the molecule is CCn1cc(C2(c3nn(C)c(=O)o3)N[C@@H](c3ncc(-c4ccc(C)cn4)[nH]3)Cc3c2[nH]c2ccccc32)cn1.CCn1nc(C2(c3cnn(C)c3)N[C@@H](c3ncc(-c4ccc(C)cn4)[nH]3)Cc3c2[nH]c2ccccc32)oc1=O. The van der Waals surface area contributed by atoms with Crippen LogP contribution in [0.25, 0.3) is 44.6 Å². The molecule has 22 heteroatoms. The van der Waals surface area contributed by atoms with E-state index < -0.39 is 22.6 Å². The number of H-pyrrole nitrogens is 4. The summed E-state index contributed by atoms with van der Waals surface area (Å²) in [5.74, 6) is 0.910. The van der Waals surface area contributed by atoms with E-state index in [2.05, 4.69) is 73.1 Å². The number of fused-ring (bicyclic) bond motifs is 6. The number of nitrogens with zero attached hydrogens (tertiary/aromatic N) is 12. The van der Waals surface area contributed by atoms with E-state index in [1.165, 1.54) is 9.36 Å². The number of aryl methyl sites for hydroxylation is 6. The first-order chi connectivity index (χ1) is 37.9. The zero-order valence-corrected chi connectivity index (χ0v) is 43.5. The van der Waals surface area contributed by atoms with Gasteiger partial charge in [-0.15, -0.1) is 10.2 Å². The number of aromatic nitrogens is 16. The lowest BCUT2D eigenvalue weighted by molar-refractivity contribution is 0.284. The molecule has 12 aromatic rings. The molecular weight excluding hydrogens is 989 g/mol. The first-order valence-electron chi connectivity index (χ1n) is 25.8. The van der Waals surface area contributed by atoms with Crippen molar-refractivity contribution >= 4 is 21.8 Å². The Kier molecular flexibility index (Phi) is 11.5. The first-order valence-corrected chi connectivity index (χ1v) is 25.8. The number of nitrogens with one attached hydrogen (secondary N) is 6. The molecule has 6 N–H and O–H groups in total. The number of hydrogen-bond donors (Lipinski definition) is 6. The van der Waals surface area contributed by atoms with Crippen LogP contribution in [-0.2, 0) is 51.1 Å². The van der Waals surface area contributed by atoms with Crippen LogP contribution in [0.1, 0.15) is 94.1 Å². The van der Waals surface area contributed by atoms with Crippen LogP contribution in [0.4, 0.5) is 0 Å². The van der Waals surface area contributed by atoms with Gasteiger partial charge < -0.3 is 28.8 Å². The summed E-state index contributed by atoms with van der Waals surface area (Å²) in [5.41, 5.74) is 10.7. The fourth-order valence-electron chi connectivity index (χ4n) is 11.1. The zero-order valence-electron chi connectivity index (χ0n) is 43.5. The Morgan fingerprint density at radius 1 is 0.577 bits per heavy atom. The Bertz CT molecular complexity index is 4120. The molecule has 22 nitrogen and oxygen atoms in total. The van der Waals surface area contributed by atoms with Gasteiger partial charge in [0.05, 0.1) is 71.0 Å². The Morgan fingerprint density at radius 3 is 1.56 bits per heavy atom. The third-order valence-electron chi connectivity index (χ3n) is 15.0. The van der Waals surface area contributed by atoms with Crippen molar-refractivity contribution in [3.8, 4) is 22.8 Å². The molecular formula is C56H54N18O4. The third kappa shape index (κ3) is 7.85. The number of hydrogen-bond acceptors (Lipinski definition) is 14. The second kappa shape index (κ2) is 18.6. The van der Waals surface area contributed by atoms with Crippen LogP contribution in [-0.4, -0.2) is 79.0 Å². The Morgan fingerprint density at radius 2 is 1.10 bits per heavy atom. The molecule has 10 aromatic heterocycles. The monoisotopic (exact) mass is 1040 g/mol. The van der Waals surface area contributed by atoms with Crippen molar-refractivity contribution in [3.05, 3.63) is 212 Å². The van der Waals surface area contributed by atoms with Gasteiger partial charge in [-0.3, -0.25) is 30.0 Å². The minimum atomic E-state index is -1.12. The van der Waals surface area contributed by atoms with E-state index in [4.69, 9.17) is 18.8 Å². The molecule has 0 spiro atoms. The largest absolute Gasteiger partial charge is 0.437 e. The van der Waals surface area contributed by atoms with E-state index in [1.54, 1.807) is 36.5 Å². The summed E-state index contributed by atoms with van der Waals surface area (Å²) in [6, 6.07) is 23.8. The minimum Gasteiger partial charge on any atom is -0.389 e. The molecule has 0 bridgehead atoms. The van der Waals surface area contributed by atoms with Crippen molar-refractivity contribution in [2.45, 2.75) is 76.8 Å². The van der Waals surface area contributed by atoms with Crippen molar-refractivity contribution in [2.24, 2.45) is 14.1 Å². The summed E-state index contributed by atoms with van der Waals surface area (Å²) < 4.78 is 17.8. The second-order valence-corrected chi connectivity index (χ2v) is 19.9. The van der Waals surface area contributed by atoms with E-state index in [9.17, 15) is 9.59 Å². The smallest absolute Gasteiger partial charge is 0.389 e. The van der Waals surface area contributed by atoms with Gasteiger partial charge in [0.2, 0.25) is 11.8 Å². The van der Waals surface area contributed by atoms with E-state index in [0.717, 1.165) is 101 Å². The van der Waals surface area contributed by atoms with E-state index in [-0.39, 0.29) is 23.9 Å². The van der Waals surface area contributed by atoms with Crippen LogP contribution >= 0.6 is 0 Å². The molecule has 2 aromatic carbocycles. The molecule has 392 valence electrons. The van der Waals surface area contributed by atoms with Crippen molar-refractivity contribution in [1.82, 2.24) is 89.6 Å². The minimum absolute atomic E-state index is 0.232. The lowest BCUT2D eigenvalue weighted by Gasteiger charge is -2.38. The first kappa shape index (κ1) is 48.1. The summed E-state index contributed by atoms with van der Waals surface area (Å²) in [6.07, 6.45) is 16.0. The van der Waals surface area contributed by atoms with E-state index in [0.29, 0.717) is 25.9 Å². The summed E-state index contributed by atoms with van der Waals surface area (Å²) in [4.78, 5) is 58.2. The van der Waals surface area contributed by atoms with Crippen LogP contribution in [0.2, 0.25) is 0 Å². The van der Waals surface area contributed by atoms with Gasteiger partial charge in [-0.1, -0.05) is 48.5 Å². The van der Waals surface area contributed by atoms with Gasteiger partial charge in [0.15, 0.2) is 11.1 Å². The maximum atomic E-state index is 12.8. The summed E-state index contributed by atoms with van der Waals surface area (Å²) in [5, 5.41) is 28.0. The number of aromatic amines is 4. The standard InChI is InChI=1S/2C28H27N9O2/c1-4-37-15-17(13-31-37)28(26-35-36(3)27(38)39-26)24-19(18-7-5-6-8-20(18)32-24)11-22(34-28)25-30-14-23(33-25)21-10-9-16(2)12-29-21;1-4-37-27(38)39-26(35-37)28(17-13-31-36(3)15-17)24-19(18-7-5-6-8-20(18)32-24)11-22(34-28)25-30-14-23(33-25)21-10-9-16(2)12-29-21/h2*5-10,12-15,22,32,34H,4,11H2,1-3H3,(H,30,33)/t2*22-,28?/m11/s1. The lowest BCUT2D eigenvalue weighted by Crippen LogP contribution is -2.51. The molecule has 2 aliphatic rings. The molecule has 14 rings (SSSR count). The number of benzene rings is 2. The number of imidazole rings is 2. The Hall–Kier alpha value is -9.54. The van der Waals surface area contributed by atoms with Gasteiger partial charge >= 0.3 is 11.5 Å². The van der Waals surface area contributed by atoms with Crippen molar-refractivity contribution < 1.29 is 8.83 Å². The molecule has 0 saturated heterocycles. The number of pyridine rings is 2. The summed E-state index contributed by atoms with van der Waals surface area (Å²) in [6.45, 7) is 8.99. The van der Waals surface area contributed by atoms with Crippen LogP contribution in [0, 0.1) is 13.8 Å². The maximum Gasteiger partial charge on any atom is 0.437 e. The van der Waals surface area contributed by atoms with E-state index in [1.807, 2.05) is 125 Å². The van der Waals surface area contributed by atoms with Gasteiger partial charge in [-0.2, -0.15) is 19.6 Å². The zero-order chi connectivity index (χ0) is 53.5. The Balaban J connectivity index is 0.000000148. The molecule has 0 aliphatic carbocycles. The number of rotatable bonds is 10. The average molecular weight is 1040 g/mol. The molecule has 0 fully saturated rings. The van der Waals surface area contributed by atoms with Crippen LogP contribution in [0.5, 0.6) is 0 Å². The van der Waals surface area contributed by atoms with Gasteiger partial charge in [0.25, 0.3) is 0 Å². The molecule has 2 aliphatic heterocycles. The predicted molar refractivity (Wildman–Crippen MR) is 288 cm³/mol. The highest BCUT2D eigenvalue weighted by molar-refractivity contribution is 5.87. The molecule has 78 heavy (non-hydrogen) atoms. The highest BCUT2D eigenvalue weighted by Crippen LogP contribution is 2.48. The Labute approximate surface area is 444 Å². The molecule has 2 unspecified atom stereocenters. The molecule has 0 saturated carbocycles. The van der Waals surface area contributed by atoms with Gasteiger partial charge in [-0.25, -0.2) is 19.6 Å². The lowest BCUT2D eigenvalue weighted by atomic mass is 9.79. The average Bonchev–Trinajstić information content (AvgIpc) is 4.25. The predicted octanol–water partition coefficient (Wildman–Crippen LogP) is 6.69. The fourth-order valence-corrected chi connectivity index (χ4v) is 11.1. The number of para-hydroxylation sites is 2.